The summed E-state index contributed by atoms with van der Waals surface area (Å²) < 4.78 is 6.69. The maximum absolute atomic E-state index is 11.9. The van der Waals surface area contributed by atoms with Gasteiger partial charge in [-0.1, -0.05) is 0 Å². The van der Waals surface area contributed by atoms with E-state index in [1.807, 2.05) is 10.8 Å². The first-order valence-electron chi connectivity index (χ1n) is 7.69. The molecule has 2 aromatic rings. The summed E-state index contributed by atoms with van der Waals surface area (Å²) in [6.45, 7) is 1.63. The summed E-state index contributed by atoms with van der Waals surface area (Å²) in [6.07, 6.45) is 7.46. The van der Waals surface area contributed by atoms with Crippen LogP contribution < -0.4 is 4.90 Å². The molecule has 0 saturated carbocycles. The molecule has 0 radical (unpaired) electrons. The molecule has 126 valence electrons. The number of carbonyl (C=O) groups is 1. The van der Waals surface area contributed by atoms with E-state index < -0.39 is 10.9 Å². The Hall–Kier alpha value is -2.90. The fourth-order valence-corrected chi connectivity index (χ4v) is 3.14. The van der Waals surface area contributed by atoms with Gasteiger partial charge in [0.15, 0.2) is 0 Å². The second-order valence-corrected chi connectivity index (χ2v) is 5.70. The number of hydrogen-bond acceptors (Lipinski definition) is 6. The minimum absolute atomic E-state index is 0.0201. The number of ether oxygens (including phenoxy) is 1. The van der Waals surface area contributed by atoms with Gasteiger partial charge in [0.25, 0.3) is 5.69 Å². The summed E-state index contributed by atoms with van der Waals surface area (Å²) in [5.74, 6) is -0.700. The number of nitro benzene ring substituents is 1. The van der Waals surface area contributed by atoms with Gasteiger partial charge in [-0.15, -0.1) is 0 Å². The molecule has 24 heavy (non-hydrogen) atoms. The van der Waals surface area contributed by atoms with E-state index in [2.05, 4.69) is 14.6 Å². The van der Waals surface area contributed by atoms with Gasteiger partial charge in [0.05, 0.1) is 18.4 Å². The van der Waals surface area contributed by atoms with Gasteiger partial charge in [-0.2, -0.15) is 0 Å². The highest BCUT2D eigenvalue weighted by Crippen LogP contribution is 2.31. The van der Waals surface area contributed by atoms with Gasteiger partial charge in [0.2, 0.25) is 0 Å². The zero-order valence-electron chi connectivity index (χ0n) is 13.3. The van der Waals surface area contributed by atoms with Crippen molar-refractivity contribution in [3.63, 3.8) is 0 Å². The van der Waals surface area contributed by atoms with Crippen LogP contribution in [-0.4, -0.2) is 40.1 Å². The third-order valence-corrected chi connectivity index (χ3v) is 4.27. The summed E-state index contributed by atoms with van der Waals surface area (Å²) >= 11 is 0. The Balaban J connectivity index is 1.90. The van der Waals surface area contributed by atoms with Crippen molar-refractivity contribution < 1.29 is 14.5 Å². The molecule has 3 rings (SSSR count). The van der Waals surface area contributed by atoms with Gasteiger partial charge in [0.1, 0.15) is 5.56 Å². The van der Waals surface area contributed by atoms with Crippen LogP contribution in [0, 0.1) is 10.1 Å². The van der Waals surface area contributed by atoms with Crippen LogP contribution in [0.1, 0.15) is 23.2 Å². The number of nitrogens with zero attached hydrogens (tertiary/aromatic N) is 4. The summed E-state index contributed by atoms with van der Waals surface area (Å²) in [5, 5.41) is 11.1. The lowest BCUT2D eigenvalue weighted by atomic mass is 10.1. The van der Waals surface area contributed by atoms with Crippen molar-refractivity contribution in [1.82, 2.24) is 9.55 Å². The Morgan fingerprint density at radius 1 is 1.50 bits per heavy atom. The second kappa shape index (κ2) is 6.69. The molecule has 8 nitrogen and oxygen atoms in total. The lowest BCUT2D eigenvalue weighted by Crippen LogP contribution is -2.32. The van der Waals surface area contributed by atoms with Crippen LogP contribution >= 0.6 is 0 Å². The van der Waals surface area contributed by atoms with Crippen LogP contribution in [0.2, 0.25) is 0 Å². The van der Waals surface area contributed by atoms with Crippen molar-refractivity contribution in [3.05, 3.63) is 52.6 Å². The topological polar surface area (TPSA) is 90.5 Å². The molecule has 0 bridgehead atoms. The fourth-order valence-electron chi connectivity index (χ4n) is 3.14. The smallest absolute Gasteiger partial charge is 0.344 e. The van der Waals surface area contributed by atoms with E-state index in [1.165, 1.54) is 13.2 Å². The Morgan fingerprint density at radius 3 is 3.00 bits per heavy atom. The minimum Gasteiger partial charge on any atom is -0.465 e. The molecule has 8 heteroatoms. The second-order valence-electron chi connectivity index (χ2n) is 5.70. The number of rotatable bonds is 5. The zero-order chi connectivity index (χ0) is 17.1. The van der Waals surface area contributed by atoms with E-state index in [1.54, 1.807) is 24.7 Å². The van der Waals surface area contributed by atoms with Gasteiger partial charge < -0.3 is 14.2 Å². The highest BCUT2D eigenvalue weighted by molar-refractivity contribution is 5.95. The summed E-state index contributed by atoms with van der Waals surface area (Å²) in [6, 6.07) is 4.87. The van der Waals surface area contributed by atoms with Crippen molar-refractivity contribution in [2.24, 2.45) is 0 Å². The van der Waals surface area contributed by atoms with E-state index in [9.17, 15) is 14.9 Å². The quantitative estimate of drug-likeness (QED) is 0.474. The number of anilines is 1. The van der Waals surface area contributed by atoms with Gasteiger partial charge in [0, 0.05) is 43.3 Å². The first kappa shape index (κ1) is 16.0. The SMILES string of the molecule is COC(=O)c1cc(N2CCCC2Cn2ccnc2)ccc1[N+](=O)[O-]. The first-order valence-corrected chi connectivity index (χ1v) is 7.69. The maximum atomic E-state index is 11.9. The average molecular weight is 330 g/mol. The minimum atomic E-state index is -0.700. The van der Waals surface area contributed by atoms with Gasteiger partial charge in [-0.25, -0.2) is 9.78 Å². The number of nitro groups is 1. The number of benzene rings is 1. The van der Waals surface area contributed by atoms with Crippen molar-refractivity contribution in [3.8, 4) is 0 Å². The lowest BCUT2D eigenvalue weighted by Gasteiger charge is -2.27. The molecule has 2 heterocycles. The predicted octanol–water partition coefficient (Wildman–Crippen LogP) is 2.25. The number of esters is 1. The van der Waals surface area contributed by atoms with Crippen molar-refractivity contribution in [2.45, 2.75) is 25.4 Å². The van der Waals surface area contributed by atoms with Gasteiger partial charge in [-0.05, 0) is 25.0 Å². The molecular formula is C16H18N4O4. The molecule has 1 atom stereocenters. The van der Waals surface area contributed by atoms with Crippen LogP contribution in [0.5, 0.6) is 0 Å². The molecular weight excluding hydrogens is 312 g/mol. The number of carbonyl (C=O) groups excluding carboxylic acids is 1. The molecule has 1 aliphatic rings. The summed E-state index contributed by atoms with van der Waals surface area (Å²) in [5.41, 5.74) is 0.535. The number of hydrogen-bond donors (Lipinski definition) is 0. The van der Waals surface area contributed by atoms with E-state index in [-0.39, 0.29) is 17.3 Å². The van der Waals surface area contributed by atoms with E-state index in [4.69, 9.17) is 0 Å². The molecule has 1 unspecified atom stereocenters. The predicted molar refractivity (Wildman–Crippen MR) is 87.0 cm³/mol. The normalized spacial score (nSPS) is 17.0. The van der Waals surface area contributed by atoms with Crippen molar-refractivity contribution in [1.29, 1.82) is 0 Å². The highest BCUT2D eigenvalue weighted by atomic mass is 16.6. The van der Waals surface area contributed by atoms with Gasteiger partial charge >= 0.3 is 5.97 Å². The van der Waals surface area contributed by atoms with Crippen LogP contribution in [0.3, 0.4) is 0 Å². The largest absolute Gasteiger partial charge is 0.465 e. The number of methoxy groups -OCH3 is 1. The molecule has 1 aliphatic heterocycles. The first-order chi connectivity index (χ1) is 11.6. The van der Waals surface area contributed by atoms with Gasteiger partial charge in [-0.3, -0.25) is 10.1 Å². The van der Waals surface area contributed by atoms with E-state index in [0.717, 1.165) is 31.6 Å². The Morgan fingerprint density at radius 2 is 2.33 bits per heavy atom. The van der Waals surface area contributed by atoms with Crippen molar-refractivity contribution >= 4 is 17.3 Å². The van der Waals surface area contributed by atoms with E-state index >= 15 is 0 Å². The molecule has 1 saturated heterocycles. The summed E-state index contributed by atoms with van der Waals surface area (Å²) in [7, 11) is 1.22. The molecule has 1 fully saturated rings. The van der Waals surface area contributed by atoms with Crippen LogP contribution in [0.4, 0.5) is 11.4 Å². The fraction of sp³-hybridized carbons (Fsp3) is 0.375. The zero-order valence-corrected chi connectivity index (χ0v) is 13.3. The molecule has 1 aromatic heterocycles. The lowest BCUT2D eigenvalue weighted by molar-refractivity contribution is -0.385. The van der Waals surface area contributed by atoms with Crippen LogP contribution in [-0.2, 0) is 11.3 Å². The molecule has 1 aromatic carbocycles. The molecule has 0 spiro atoms. The molecule has 0 N–H and O–H groups in total. The van der Waals surface area contributed by atoms with Crippen LogP contribution in [0.25, 0.3) is 0 Å². The average Bonchev–Trinajstić information content (AvgIpc) is 3.25. The summed E-state index contributed by atoms with van der Waals surface area (Å²) in [4.78, 5) is 28.7. The molecule has 0 aliphatic carbocycles. The van der Waals surface area contributed by atoms with E-state index in [0.29, 0.717) is 0 Å². The number of aromatic nitrogens is 2. The monoisotopic (exact) mass is 330 g/mol. The number of imidazole rings is 1. The maximum Gasteiger partial charge on any atom is 0.344 e. The Kier molecular flexibility index (Phi) is 4.45. The van der Waals surface area contributed by atoms with Crippen molar-refractivity contribution in [2.75, 3.05) is 18.6 Å². The van der Waals surface area contributed by atoms with Crippen LogP contribution in [0.15, 0.2) is 36.9 Å². The molecule has 0 amide bonds. The highest BCUT2D eigenvalue weighted by Gasteiger charge is 2.28. The Bertz CT molecular complexity index is 745. The Labute approximate surface area is 138 Å². The third-order valence-electron chi connectivity index (χ3n) is 4.27. The third kappa shape index (κ3) is 3.08. The standard InChI is InChI=1S/C16H18N4O4/c1-24-16(21)14-9-12(4-5-15(14)20(22)23)19-7-2-3-13(19)10-18-8-6-17-11-18/h4-6,8-9,11,13H,2-3,7,10H2,1H3.